The highest BCUT2D eigenvalue weighted by Gasteiger charge is 2.15. The summed E-state index contributed by atoms with van der Waals surface area (Å²) in [7, 11) is 0. The lowest BCUT2D eigenvalue weighted by atomic mass is 10.0. The summed E-state index contributed by atoms with van der Waals surface area (Å²) in [6, 6.07) is 12.0. The van der Waals surface area contributed by atoms with Crippen LogP contribution in [-0.4, -0.2) is 31.6 Å². The molecule has 1 heterocycles. The van der Waals surface area contributed by atoms with E-state index in [9.17, 15) is 9.59 Å². The molecule has 0 saturated carbocycles. The Morgan fingerprint density at radius 2 is 1.67 bits per heavy atom. The van der Waals surface area contributed by atoms with E-state index < -0.39 is 0 Å². The molecule has 158 valence electrons. The van der Waals surface area contributed by atoms with Gasteiger partial charge in [0.25, 0.3) is 0 Å². The molecule has 0 unspecified atom stereocenters. The summed E-state index contributed by atoms with van der Waals surface area (Å²) in [4.78, 5) is 23.4. The van der Waals surface area contributed by atoms with Crippen molar-refractivity contribution in [3.8, 4) is 11.5 Å². The van der Waals surface area contributed by atoms with Crippen molar-refractivity contribution in [3.63, 3.8) is 0 Å². The molecule has 2 aliphatic rings. The van der Waals surface area contributed by atoms with Gasteiger partial charge in [-0.3, -0.25) is 9.59 Å². The van der Waals surface area contributed by atoms with Gasteiger partial charge in [-0.2, -0.15) is 0 Å². The summed E-state index contributed by atoms with van der Waals surface area (Å²) in [6.45, 7) is 1.43. The van der Waals surface area contributed by atoms with Crippen molar-refractivity contribution in [2.75, 3.05) is 25.1 Å². The standard InChI is InChI=1S/C24H28N2O4/c27-23(25-12-14-30-20-8-6-17-3-1-4-18(17)15-20)5-2-13-29-21-9-10-22-19(16-21)7-11-24(28)26-22/h6,8-10,15-16H,1-5,7,11-14H2,(H,25,27)(H,26,28). The summed E-state index contributed by atoms with van der Waals surface area (Å²) in [6.07, 6.45) is 5.82. The quantitative estimate of drug-likeness (QED) is 0.624. The number of amides is 2. The fraction of sp³-hybridized carbons (Fsp3) is 0.417. The molecule has 2 amide bonds. The maximum absolute atomic E-state index is 12.0. The van der Waals surface area contributed by atoms with Crippen LogP contribution in [0.4, 0.5) is 5.69 Å². The van der Waals surface area contributed by atoms with Gasteiger partial charge in [0.15, 0.2) is 0 Å². The first-order valence-corrected chi connectivity index (χ1v) is 10.7. The van der Waals surface area contributed by atoms with Crippen LogP contribution in [0.2, 0.25) is 0 Å². The smallest absolute Gasteiger partial charge is 0.224 e. The number of rotatable bonds is 9. The van der Waals surface area contributed by atoms with E-state index in [-0.39, 0.29) is 11.8 Å². The van der Waals surface area contributed by atoms with Gasteiger partial charge in [0.1, 0.15) is 18.1 Å². The zero-order chi connectivity index (χ0) is 20.8. The first kappa shape index (κ1) is 20.3. The van der Waals surface area contributed by atoms with Gasteiger partial charge in [0.2, 0.25) is 11.8 Å². The number of fused-ring (bicyclic) bond motifs is 2. The summed E-state index contributed by atoms with van der Waals surface area (Å²) < 4.78 is 11.5. The van der Waals surface area contributed by atoms with E-state index in [1.807, 2.05) is 24.3 Å². The minimum absolute atomic E-state index is 0.00399. The molecule has 0 radical (unpaired) electrons. The van der Waals surface area contributed by atoms with Crippen LogP contribution in [-0.2, 0) is 28.9 Å². The maximum Gasteiger partial charge on any atom is 0.224 e. The number of carbonyl (C=O) groups is 2. The van der Waals surface area contributed by atoms with Crippen molar-refractivity contribution >= 4 is 17.5 Å². The lowest BCUT2D eigenvalue weighted by Gasteiger charge is -2.17. The fourth-order valence-corrected chi connectivity index (χ4v) is 3.96. The SMILES string of the molecule is O=C(CCCOc1ccc2c(c1)CCC(=O)N2)NCCOc1ccc2c(c1)CCC2. The minimum Gasteiger partial charge on any atom is -0.494 e. The molecule has 2 aromatic carbocycles. The summed E-state index contributed by atoms with van der Waals surface area (Å²) in [5.41, 5.74) is 4.77. The zero-order valence-corrected chi connectivity index (χ0v) is 17.2. The second kappa shape index (κ2) is 9.65. The predicted molar refractivity (Wildman–Crippen MR) is 115 cm³/mol. The van der Waals surface area contributed by atoms with Crippen molar-refractivity contribution in [3.05, 3.63) is 53.1 Å². The molecule has 0 saturated heterocycles. The number of hydrogen-bond donors (Lipinski definition) is 2. The van der Waals surface area contributed by atoms with Crippen LogP contribution < -0.4 is 20.1 Å². The van der Waals surface area contributed by atoms with Gasteiger partial charge in [-0.05, 0) is 79.1 Å². The maximum atomic E-state index is 12.0. The average Bonchev–Trinajstić information content (AvgIpc) is 3.22. The van der Waals surface area contributed by atoms with Crippen LogP contribution in [0.15, 0.2) is 36.4 Å². The van der Waals surface area contributed by atoms with Gasteiger partial charge >= 0.3 is 0 Å². The molecule has 0 spiro atoms. The number of benzene rings is 2. The molecule has 6 heteroatoms. The molecule has 6 nitrogen and oxygen atoms in total. The minimum atomic E-state index is 0.00399. The van der Waals surface area contributed by atoms with Crippen LogP contribution >= 0.6 is 0 Å². The first-order chi connectivity index (χ1) is 14.7. The molecule has 0 atom stereocenters. The molecule has 4 rings (SSSR count). The Hall–Kier alpha value is -3.02. The molecule has 0 aromatic heterocycles. The van der Waals surface area contributed by atoms with Gasteiger partial charge in [0, 0.05) is 18.5 Å². The zero-order valence-electron chi connectivity index (χ0n) is 17.2. The third-order valence-corrected chi connectivity index (χ3v) is 5.55. The third kappa shape index (κ3) is 5.32. The van der Waals surface area contributed by atoms with Crippen LogP contribution in [0.25, 0.3) is 0 Å². The van der Waals surface area contributed by atoms with E-state index >= 15 is 0 Å². The third-order valence-electron chi connectivity index (χ3n) is 5.55. The second-order valence-electron chi connectivity index (χ2n) is 7.80. The molecule has 0 bridgehead atoms. The number of hydrogen-bond acceptors (Lipinski definition) is 4. The van der Waals surface area contributed by atoms with Crippen molar-refractivity contribution in [1.29, 1.82) is 0 Å². The Morgan fingerprint density at radius 1 is 0.900 bits per heavy atom. The van der Waals surface area contributed by atoms with Crippen LogP contribution in [0.1, 0.15) is 42.4 Å². The van der Waals surface area contributed by atoms with Gasteiger partial charge < -0.3 is 20.1 Å². The van der Waals surface area contributed by atoms with Crippen LogP contribution in [0.3, 0.4) is 0 Å². The van der Waals surface area contributed by atoms with E-state index in [1.165, 1.54) is 24.0 Å². The van der Waals surface area contributed by atoms with E-state index in [1.54, 1.807) is 0 Å². The van der Waals surface area contributed by atoms with Crippen molar-refractivity contribution in [1.82, 2.24) is 5.32 Å². The molecule has 30 heavy (non-hydrogen) atoms. The summed E-state index contributed by atoms with van der Waals surface area (Å²) in [5.74, 6) is 1.71. The highest BCUT2D eigenvalue weighted by atomic mass is 16.5. The van der Waals surface area contributed by atoms with E-state index in [4.69, 9.17) is 9.47 Å². The topological polar surface area (TPSA) is 76.7 Å². The van der Waals surface area contributed by atoms with Crippen molar-refractivity contribution in [2.45, 2.75) is 44.9 Å². The normalized spacial score (nSPS) is 14.5. The predicted octanol–water partition coefficient (Wildman–Crippen LogP) is 3.41. The van der Waals surface area contributed by atoms with E-state index in [0.29, 0.717) is 39.0 Å². The Bertz CT molecular complexity index is 925. The number of ether oxygens (including phenoxy) is 2. The Kier molecular flexibility index (Phi) is 6.52. The summed E-state index contributed by atoms with van der Waals surface area (Å²) in [5, 5.41) is 5.75. The molecular weight excluding hydrogens is 380 g/mol. The van der Waals surface area contributed by atoms with Gasteiger partial charge in [-0.15, -0.1) is 0 Å². The second-order valence-corrected chi connectivity index (χ2v) is 7.80. The lowest BCUT2D eigenvalue weighted by Crippen LogP contribution is -2.28. The fourth-order valence-electron chi connectivity index (χ4n) is 3.96. The Balaban J connectivity index is 1.09. The summed E-state index contributed by atoms with van der Waals surface area (Å²) >= 11 is 0. The molecule has 0 fully saturated rings. The number of carbonyl (C=O) groups excluding carboxylic acids is 2. The molecule has 1 aliphatic carbocycles. The Morgan fingerprint density at radius 3 is 2.57 bits per heavy atom. The average molecular weight is 408 g/mol. The van der Waals surface area contributed by atoms with Crippen molar-refractivity contribution in [2.24, 2.45) is 0 Å². The monoisotopic (exact) mass is 408 g/mol. The van der Waals surface area contributed by atoms with Gasteiger partial charge in [-0.1, -0.05) is 6.07 Å². The number of anilines is 1. The molecule has 2 N–H and O–H groups in total. The molecule has 1 aliphatic heterocycles. The largest absolute Gasteiger partial charge is 0.494 e. The number of aryl methyl sites for hydroxylation is 3. The molecular formula is C24H28N2O4. The van der Waals surface area contributed by atoms with Gasteiger partial charge in [0.05, 0.1) is 13.2 Å². The van der Waals surface area contributed by atoms with E-state index in [0.717, 1.165) is 35.6 Å². The first-order valence-electron chi connectivity index (χ1n) is 10.7. The van der Waals surface area contributed by atoms with E-state index in [2.05, 4.69) is 22.8 Å². The lowest BCUT2D eigenvalue weighted by molar-refractivity contribution is -0.121. The molecule has 2 aromatic rings. The highest BCUT2D eigenvalue weighted by molar-refractivity contribution is 5.94. The number of nitrogens with one attached hydrogen (secondary N) is 2. The van der Waals surface area contributed by atoms with Crippen LogP contribution in [0, 0.1) is 0 Å². The Labute approximate surface area is 177 Å². The van der Waals surface area contributed by atoms with Crippen LogP contribution in [0.5, 0.6) is 11.5 Å². The van der Waals surface area contributed by atoms with Gasteiger partial charge in [-0.25, -0.2) is 0 Å². The van der Waals surface area contributed by atoms with Crippen molar-refractivity contribution < 1.29 is 19.1 Å². The highest BCUT2D eigenvalue weighted by Crippen LogP contribution is 2.27.